The number of fused-ring (bicyclic) bond motifs is 1. The minimum atomic E-state index is -0.547. The number of aromatic nitrogens is 2. The van der Waals surface area contributed by atoms with Gasteiger partial charge in [0.05, 0.1) is 6.20 Å². The minimum absolute atomic E-state index is 0.0824. The molecule has 0 radical (unpaired) electrons. The zero-order valence-electron chi connectivity index (χ0n) is 17.6. The standard InChI is InChI=1S/C23H24FN5O2/c1-13(2)14-4-6-16(7-5-14)27-21-18(24)12-26-23(29-21)28-17-8-9-19-15(10-17)11-20(31-19)22(30)25-3/h4-10,12-13,20H,11H2,1-3H3,(H,25,30)(H2,26,27,28,29). The average molecular weight is 421 g/mol. The Balaban J connectivity index is 1.49. The second-order valence-electron chi connectivity index (χ2n) is 7.66. The van der Waals surface area contributed by atoms with E-state index in [-0.39, 0.29) is 17.7 Å². The van der Waals surface area contributed by atoms with E-state index in [9.17, 15) is 9.18 Å². The van der Waals surface area contributed by atoms with Crippen LogP contribution in [0.2, 0.25) is 0 Å². The number of nitrogens with one attached hydrogen (secondary N) is 3. The van der Waals surface area contributed by atoms with Crippen LogP contribution in [0.1, 0.15) is 30.9 Å². The van der Waals surface area contributed by atoms with Gasteiger partial charge in [-0.2, -0.15) is 4.98 Å². The number of hydrogen-bond acceptors (Lipinski definition) is 6. The van der Waals surface area contributed by atoms with Gasteiger partial charge >= 0.3 is 0 Å². The molecule has 0 bridgehead atoms. The lowest BCUT2D eigenvalue weighted by molar-refractivity contribution is -0.126. The van der Waals surface area contributed by atoms with Crippen LogP contribution in [-0.4, -0.2) is 29.0 Å². The number of carbonyl (C=O) groups excluding carboxylic acids is 1. The van der Waals surface area contributed by atoms with Gasteiger partial charge in [0.25, 0.3) is 5.91 Å². The van der Waals surface area contributed by atoms with E-state index in [0.717, 1.165) is 23.1 Å². The van der Waals surface area contributed by atoms with Gasteiger partial charge in [0.1, 0.15) is 5.75 Å². The number of ether oxygens (including phenoxy) is 1. The molecule has 8 heteroatoms. The maximum absolute atomic E-state index is 14.3. The summed E-state index contributed by atoms with van der Waals surface area (Å²) in [5.41, 5.74) is 3.57. The molecule has 160 valence electrons. The van der Waals surface area contributed by atoms with Crippen LogP contribution in [0.15, 0.2) is 48.7 Å². The highest BCUT2D eigenvalue weighted by molar-refractivity contribution is 5.82. The number of halogens is 1. The summed E-state index contributed by atoms with van der Waals surface area (Å²) in [6.45, 7) is 4.24. The van der Waals surface area contributed by atoms with Gasteiger partial charge < -0.3 is 20.7 Å². The Kier molecular flexibility index (Phi) is 5.70. The van der Waals surface area contributed by atoms with E-state index in [4.69, 9.17) is 4.74 Å². The number of nitrogens with zero attached hydrogens (tertiary/aromatic N) is 2. The monoisotopic (exact) mass is 421 g/mol. The Morgan fingerprint density at radius 2 is 1.87 bits per heavy atom. The van der Waals surface area contributed by atoms with E-state index in [1.54, 1.807) is 19.2 Å². The molecule has 0 aliphatic carbocycles. The second-order valence-corrected chi connectivity index (χ2v) is 7.66. The van der Waals surface area contributed by atoms with Crippen LogP contribution in [0.5, 0.6) is 5.75 Å². The third-order valence-electron chi connectivity index (χ3n) is 5.11. The van der Waals surface area contributed by atoms with Gasteiger partial charge in [0.15, 0.2) is 17.7 Å². The first-order valence-electron chi connectivity index (χ1n) is 10.1. The molecule has 0 fully saturated rings. The smallest absolute Gasteiger partial charge is 0.261 e. The third-order valence-corrected chi connectivity index (χ3v) is 5.11. The third kappa shape index (κ3) is 4.58. The molecule has 1 aromatic heterocycles. The lowest BCUT2D eigenvalue weighted by Crippen LogP contribution is -2.34. The molecule has 1 aliphatic heterocycles. The average Bonchev–Trinajstić information content (AvgIpc) is 3.19. The molecule has 2 aromatic carbocycles. The molecular formula is C23H24FN5O2. The quantitative estimate of drug-likeness (QED) is 0.551. The fourth-order valence-corrected chi connectivity index (χ4v) is 3.37. The zero-order valence-corrected chi connectivity index (χ0v) is 17.6. The highest BCUT2D eigenvalue weighted by Crippen LogP contribution is 2.32. The van der Waals surface area contributed by atoms with Gasteiger partial charge in [-0.1, -0.05) is 26.0 Å². The van der Waals surface area contributed by atoms with E-state index in [2.05, 4.69) is 39.8 Å². The van der Waals surface area contributed by atoms with Crippen LogP contribution in [-0.2, 0) is 11.2 Å². The van der Waals surface area contributed by atoms with Crippen LogP contribution in [0.4, 0.5) is 27.5 Å². The van der Waals surface area contributed by atoms with Crippen molar-refractivity contribution >= 4 is 29.0 Å². The Bertz CT molecular complexity index is 1100. The number of benzene rings is 2. The van der Waals surface area contributed by atoms with Gasteiger partial charge in [-0.3, -0.25) is 4.79 Å². The van der Waals surface area contributed by atoms with E-state index >= 15 is 0 Å². The predicted octanol–water partition coefficient (Wildman–Crippen LogP) is 4.28. The van der Waals surface area contributed by atoms with Crippen molar-refractivity contribution in [3.8, 4) is 5.75 Å². The lowest BCUT2D eigenvalue weighted by atomic mass is 10.0. The van der Waals surface area contributed by atoms with Crippen LogP contribution >= 0.6 is 0 Å². The maximum atomic E-state index is 14.3. The SMILES string of the molecule is CNC(=O)C1Cc2cc(Nc3ncc(F)c(Nc4ccc(C(C)C)cc4)n3)ccc2O1. The van der Waals surface area contributed by atoms with E-state index in [1.807, 2.05) is 30.3 Å². The molecule has 0 spiro atoms. The van der Waals surface area contributed by atoms with Gasteiger partial charge in [0.2, 0.25) is 5.95 Å². The number of carbonyl (C=O) groups is 1. The molecule has 1 atom stereocenters. The zero-order chi connectivity index (χ0) is 22.0. The fraction of sp³-hybridized carbons (Fsp3) is 0.261. The molecule has 3 N–H and O–H groups in total. The van der Waals surface area contributed by atoms with Crippen molar-refractivity contribution in [1.29, 1.82) is 0 Å². The molecule has 31 heavy (non-hydrogen) atoms. The van der Waals surface area contributed by atoms with Crippen molar-refractivity contribution in [1.82, 2.24) is 15.3 Å². The van der Waals surface area contributed by atoms with Crippen LogP contribution < -0.4 is 20.7 Å². The Hall–Kier alpha value is -3.68. The molecule has 3 aromatic rings. The predicted molar refractivity (Wildman–Crippen MR) is 118 cm³/mol. The minimum Gasteiger partial charge on any atom is -0.480 e. The number of likely N-dealkylation sites (N-methyl/N-ethyl adjacent to an activating group) is 1. The van der Waals surface area contributed by atoms with Gasteiger partial charge in [0, 0.05) is 30.4 Å². The largest absolute Gasteiger partial charge is 0.480 e. The summed E-state index contributed by atoms with van der Waals surface area (Å²) in [4.78, 5) is 20.1. The summed E-state index contributed by atoms with van der Waals surface area (Å²) >= 11 is 0. The summed E-state index contributed by atoms with van der Waals surface area (Å²) in [5.74, 6) is 0.721. The van der Waals surface area contributed by atoms with Gasteiger partial charge in [-0.25, -0.2) is 9.37 Å². The number of amides is 1. The Morgan fingerprint density at radius 1 is 1.13 bits per heavy atom. The first kappa shape index (κ1) is 20.6. The maximum Gasteiger partial charge on any atom is 0.261 e. The Labute approximate surface area is 180 Å². The first-order valence-corrected chi connectivity index (χ1v) is 10.1. The number of hydrogen-bond donors (Lipinski definition) is 3. The van der Waals surface area contributed by atoms with Crippen molar-refractivity contribution in [2.24, 2.45) is 0 Å². The summed E-state index contributed by atoms with van der Waals surface area (Å²) in [5, 5.41) is 8.68. The van der Waals surface area contributed by atoms with E-state index < -0.39 is 11.9 Å². The number of rotatable bonds is 6. The highest BCUT2D eigenvalue weighted by atomic mass is 19.1. The van der Waals surface area contributed by atoms with E-state index in [1.165, 1.54) is 5.56 Å². The Morgan fingerprint density at radius 3 is 2.58 bits per heavy atom. The topological polar surface area (TPSA) is 88.2 Å². The normalized spacial score (nSPS) is 14.7. The molecule has 1 aliphatic rings. The summed E-state index contributed by atoms with van der Waals surface area (Å²) < 4.78 is 19.9. The van der Waals surface area contributed by atoms with Gasteiger partial charge in [-0.15, -0.1) is 0 Å². The highest BCUT2D eigenvalue weighted by Gasteiger charge is 2.28. The molecular weight excluding hydrogens is 397 g/mol. The van der Waals surface area contributed by atoms with Crippen molar-refractivity contribution in [2.75, 3.05) is 17.7 Å². The molecule has 2 heterocycles. The van der Waals surface area contributed by atoms with E-state index in [0.29, 0.717) is 18.1 Å². The first-order chi connectivity index (χ1) is 14.9. The van der Waals surface area contributed by atoms with Crippen molar-refractivity contribution in [3.05, 3.63) is 65.6 Å². The lowest BCUT2D eigenvalue weighted by Gasteiger charge is -2.11. The van der Waals surface area contributed by atoms with Crippen LogP contribution in [0.3, 0.4) is 0 Å². The van der Waals surface area contributed by atoms with Gasteiger partial charge in [-0.05, 0) is 41.8 Å². The van der Waals surface area contributed by atoms with Crippen LogP contribution in [0.25, 0.3) is 0 Å². The molecule has 1 unspecified atom stereocenters. The number of anilines is 4. The van der Waals surface area contributed by atoms with Crippen molar-refractivity contribution in [2.45, 2.75) is 32.3 Å². The molecule has 4 rings (SSSR count). The molecule has 0 saturated carbocycles. The van der Waals surface area contributed by atoms with Crippen molar-refractivity contribution in [3.63, 3.8) is 0 Å². The summed E-state index contributed by atoms with van der Waals surface area (Å²) in [6, 6.07) is 13.3. The fourth-order valence-electron chi connectivity index (χ4n) is 3.37. The van der Waals surface area contributed by atoms with Crippen molar-refractivity contribution < 1.29 is 13.9 Å². The van der Waals surface area contributed by atoms with Crippen LogP contribution in [0, 0.1) is 5.82 Å². The summed E-state index contributed by atoms with van der Waals surface area (Å²) in [6.07, 6.45) is 1.07. The summed E-state index contributed by atoms with van der Waals surface area (Å²) in [7, 11) is 1.58. The molecule has 1 amide bonds. The molecule has 7 nitrogen and oxygen atoms in total. The molecule has 0 saturated heterocycles. The second kappa shape index (κ2) is 8.59.